The summed E-state index contributed by atoms with van der Waals surface area (Å²) in [4.78, 5) is 0. The van der Waals surface area contributed by atoms with E-state index in [-0.39, 0.29) is 5.41 Å². The highest BCUT2D eigenvalue weighted by molar-refractivity contribution is 5.47. The minimum Gasteiger partial charge on any atom is -0.382 e. The molecule has 0 atom stereocenters. The molecule has 1 aliphatic rings. The second-order valence-electron chi connectivity index (χ2n) is 7.14. The molecule has 0 saturated heterocycles. The van der Waals surface area contributed by atoms with E-state index in [1.807, 2.05) is 0 Å². The first kappa shape index (κ1) is 13.5. The molecule has 1 aromatic carbocycles. The van der Waals surface area contributed by atoms with Gasteiger partial charge in [0.05, 0.1) is 0 Å². The van der Waals surface area contributed by atoms with Crippen LogP contribution in [-0.4, -0.2) is 6.04 Å². The van der Waals surface area contributed by atoms with Gasteiger partial charge in [-0.2, -0.15) is 0 Å². The number of rotatable bonds is 3. The maximum atomic E-state index is 3.64. The minimum absolute atomic E-state index is 0.248. The third-order valence-electron chi connectivity index (χ3n) is 4.24. The van der Waals surface area contributed by atoms with Crippen LogP contribution in [0.2, 0.25) is 0 Å². The van der Waals surface area contributed by atoms with Gasteiger partial charge in [0.2, 0.25) is 0 Å². The van der Waals surface area contributed by atoms with E-state index in [0.717, 1.165) is 11.8 Å². The van der Waals surface area contributed by atoms with E-state index in [0.29, 0.717) is 6.04 Å². The van der Waals surface area contributed by atoms with E-state index in [4.69, 9.17) is 0 Å². The molecule has 2 rings (SSSR count). The van der Waals surface area contributed by atoms with Gasteiger partial charge in [0.1, 0.15) is 0 Å². The third kappa shape index (κ3) is 3.07. The lowest BCUT2D eigenvalue weighted by Gasteiger charge is -2.39. The minimum atomic E-state index is 0.248. The van der Waals surface area contributed by atoms with Crippen LogP contribution in [0.15, 0.2) is 24.3 Å². The largest absolute Gasteiger partial charge is 0.382 e. The second kappa shape index (κ2) is 4.95. The molecule has 0 spiro atoms. The van der Waals surface area contributed by atoms with Crippen molar-refractivity contribution in [2.75, 3.05) is 5.32 Å². The lowest BCUT2D eigenvalue weighted by molar-refractivity contribution is 0.212. The monoisotopic (exact) mass is 245 g/mol. The molecule has 0 radical (unpaired) electrons. The summed E-state index contributed by atoms with van der Waals surface area (Å²) in [5.74, 6) is 1.77. The van der Waals surface area contributed by atoms with Crippen molar-refractivity contribution in [3.05, 3.63) is 29.8 Å². The van der Waals surface area contributed by atoms with Gasteiger partial charge in [0, 0.05) is 11.7 Å². The van der Waals surface area contributed by atoms with Crippen LogP contribution >= 0.6 is 0 Å². The Balaban J connectivity index is 1.89. The zero-order valence-electron chi connectivity index (χ0n) is 12.5. The SMILES string of the molecule is CC(C)C1CC(Nc2ccc(C(C)(C)C)cc2)C1. The Bertz CT molecular complexity index is 377. The number of hydrogen-bond acceptors (Lipinski definition) is 1. The van der Waals surface area contributed by atoms with Crippen LogP contribution in [0.3, 0.4) is 0 Å². The van der Waals surface area contributed by atoms with Gasteiger partial charge >= 0.3 is 0 Å². The summed E-state index contributed by atoms with van der Waals surface area (Å²) in [6, 6.07) is 9.65. The molecule has 0 heterocycles. The Morgan fingerprint density at radius 2 is 1.61 bits per heavy atom. The van der Waals surface area contributed by atoms with Gasteiger partial charge in [-0.25, -0.2) is 0 Å². The molecule has 0 unspecified atom stereocenters. The highest BCUT2D eigenvalue weighted by atomic mass is 14.9. The van der Waals surface area contributed by atoms with E-state index in [1.165, 1.54) is 24.1 Å². The quantitative estimate of drug-likeness (QED) is 0.804. The molecule has 1 nitrogen and oxygen atoms in total. The average Bonchev–Trinajstić information content (AvgIpc) is 2.21. The number of hydrogen-bond donors (Lipinski definition) is 1. The Kier molecular flexibility index (Phi) is 3.70. The van der Waals surface area contributed by atoms with Gasteiger partial charge in [-0.3, -0.25) is 0 Å². The van der Waals surface area contributed by atoms with E-state index in [2.05, 4.69) is 64.2 Å². The molecule has 0 aliphatic heterocycles. The number of nitrogens with one attached hydrogen (secondary N) is 1. The Labute approximate surface area is 112 Å². The van der Waals surface area contributed by atoms with Crippen molar-refractivity contribution in [3.63, 3.8) is 0 Å². The summed E-state index contributed by atoms with van der Waals surface area (Å²) >= 11 is 0. The normalized spacial score (nSPS) is 23.9. The first-order chi connectivity index (χ1) is 8.36. The van der Waals surface area contributed by atoms with Crippen LogP contribution < -0.4 is 5.32 Å². The first-order valence-corrected chi connectivity index (χ1v) is 7.23. The number of anilines is 1. The fraction of sp³-hybridized carbons (Fsp3) is 0.647. The van der Waals surface area contributed by atoms with Gasteiger partial charge < -0.3 is 5.32 Å². The summed E-state index contributed by atoms with van der Waals surface area (Å²) in [6.07, 6.45) is 2.66. The van der Waals surface area contributed by atoms with E-state index >= 15 is 0 Å². The first-order valence-electron chi connectivity index (χ1n) is 7.23. The third-order valence-corrected chi connectivity index (χ3v) is 4.24. The molecule has 1 saturated carbocycles. The maximum absolute atomic E-state index is 3.64. The van der Waals surface area contributed by atoms with Crippen LogP contribution in [0.25, 0.3) is 0 Å². The van der Waals surface area contributed by atoms with Crippen molar-refractivity contribution < 1.29 is 0 Å². The molecular weight excluding hydrogens is 218 g/mol. The van der Waals surface area contributed by atoms with Crippen molar-refractivity contribution in [3.8, 4) is 0 Å². The molecule has 1 N–H and O–H groups in total. The molecule has 0 amide bonds. The van der Waals surface area contributed by atoms with Crippen LogP contribution in [0.5, 0.6) is 0 Å². The van der Waals surface area contributed by atoms with Crippen molar-refractivity contribution in [2.45, 2.75) is 58.9 Å². The van der Waals surface area contributed by atoms with Crippen LogP contribution in [0.4, 0.5) is 5.69 Å². The van der Waals surface area contributed by atoms with Gasteiger partial charge in [0.15, 0.2) is 0 Å². The van der Waals surface area contributed by atoms with Gasteiger partial charge in [-0.15, -0.1) is 0 Å². The highest BCUT2D eigenvalue weighted by Crippen LogP contribution is 2.35. The Morgan fingerprint density at radius 1 is 1.06 bits per heavy atom. The molecule has 100 valence electrons. The van der Waals surface area contributed by atoms with E-state index < -0.39 is 0 Å². The molecule has 0 aromatic heterocycles. The Hall–Kier alpha value is -0.980. The maximum Gasteiger partial charge on any atom is 0.0342 e. The lowest BCUT2D eigenvalue weighted by Crippen LogP contribution is -2.37. The molecule has 0 bridgehead atoms. The summed E-state index contributed by atoms with van der Waals surface area (Å²) < 4.78 is 0. The zero-order valence-corrected chi connectivity index (χ0v) is 12.5. The molecule has 1 aliphatic carbocycles. The van der Waals surface area contributed by atoms with E-state index in [9.17, 15) is 0 Å². The molecule has 18 heavy (non-hydrogen) atoms. The second-order valence-corrected chi connectivity index (χ2v) is 7.14. The summed E-state index contributed by atoms with van der Waals surface area (Å²) in [6.45, 7) is 11.4. The van der Waals surface area contributed by atoms with Crippen molar-refractivity contribution in [1.29, 1.82) is 0 Å². The van der Waals surface area contributed by atoms with E-state index in [1.54, 1.807) is 0 Å². The lowest BCUT2D eigenvalue weighted by atomic mass is 9.73. The summed E-state index contributed by atoms with van der Waals surface area (Å²) in [7, 11) is 0. The van der Waals surface area contributed by atoms with Crippen molar-refractivity contribution >= 4 is 5.69 Å². The molecule has 1 aromatic rings. The van der Waals surface area contributed by atoms with Gasteiger partial charge in [0.25, 0.3) is 0 Å². The molecule has 1 heteroatoms. The molecular formula is C17H27N. The summed E-state index contributed by atoms with van der Waals surface area (Å²) in [5.41, 5.74) is 2.93. The molecule has 1 fully saturated rings. The van der Waals surface area contributed by atoms with Crippen LogP contribution in [-0.2, 0) is 5.41 Å². The summed E-state index contributed by atoms with van der Waals surface area (Å²) in [5, 5.41) is 3.64. The van der Waals surface area contributed by atoms with Crippen LogP contribution in [0.1, 0.15) is 53.0 Å². The average molecular weight is 245 g/mol. The Morgan fingerprint density at radius 3 is 2.06 bits per heavy atom. The predicted octanol–water partition coefficient (Wildman–Crippen LogP) is 4.83. The van der Waals surface area contributed by atoms with Crippen LogP contribution in [0, 0.1) is 11.8 Å². The predicted molar refractivity (Wildman–Crippen MR) is 80.1 cm³/mol. The van der Waals surface area contributed by atoms with Crippen molar-refractivity contribution in [1.82, 2.24) is 0 Å². The fourth-order valence-electron chi connectivity index (χ4n) is 2.63. The van der Waals surface area contributed by atoms with Gasteiger partial charge in [-0.1, -0.05) is 46.8 Å². The topological polar surface area (TPSA) is 12.0 Å². The fourth-order valence-corrected chi connectivity index (χ4v) is 2.63. The highest BCUT2D eigenvalue weighted by Gasteiger charge is 2.30. The smallest absolute Gasteiger partial charge is 0.0342 e. The number of benzene rings is 1. The van der Waals surface area contributed by atoms with Crippen molar-refractivity contribution in [2.24, 2.45) is 11.8 Å². The van der Waals surface area contributed by atoms with Gasteiger partial charge in [-0.05, 0) is 47.8 Å². The standard InChI is InChI=1S/C17H27N/c1-12(2)13-10-16(11-13)18-15-8-6-14(7-9-15)17(3,4)5/h6-9,12-13,16,18H,10-11H2,1-5H3. The zero-order chi connectivity index (χ0) is 13.3.